The van der Waals surface area contributed by atoms with Gasteiger partial charge in [-0.3, -0.25) is 4.79 Å². The molecule has 1 atom stereocenters. The molecule has 1 heterocycles. The van der Waals surface area contributed by atoms with Crippen LogP contribution in [-0.4, -0.2) is 18.5 Å². The van der Waals surface area contributed by atoms with E-state index in [2.05, 4.69) is 0 Å². The first-order valence-corrected chi connectivity index (χ1v) is 6.54. The van der Waals surface area contributed by atoms with Gasteiger partial charge < -0.3 is 4.74 Å². The highest BCUT2D eigenvalue weighted by Crippen LogP contribution is 2.21. The molecule has 1 aliphatic rings. The Labute approximate surface area is 107 Å². The lowest BCUT2D eigenvalue weighted by Crippen LogP contribution is -2.20. The number of ketones is 1. The molecule has 2 nitrogen and oxygen atoms in total. The molecule has 1 aliphatic heterocycles. The maximum absolute atomic E-state index is 12.0. The van der Waals surface area contributed by atoms with E-state index in [1.807, 2.05) is 12.1 Å². The summed E-state index contributed by atoms with van der Waals surface area (Å²) in [5, 5.41) is 0.544. The van der Waals surface area contributed by atoms with Crippen molar-refractivity contribution >= 4 is 17.4 Å². The van der Waals surface area contributed by atoms with Gasteiger partial charge in [0.25, 0.3) is 0 Å². The number of ether oxygens (including phenoxy) is 1. The molecule has 1 aromatic rings. The van der Waals surface area contributed by atoms with E-state index < -0.39 is 0 Å². The number of Topliss-reactive ketones (excluding diaryl/α,β-unsaturated/α-hetero) is 1. The van der Waals surface area contributed by atoms with Gasteiger partial charge in [-0.15, -0.1) is 0 Å². The van der Waals surface area contributed by atoms with Gasteiger partial charge in [-0.2, -0.15) is 0 Å². The van der Waals surface area contributed by atoms with Gasteiger partial charge in [-0.1, -0.05) is 23.7 Å². The van der Waals surface area contributed by atoms with Crippen molar-refractivity contribution in [3.8, 4) is 0 Å². The fourth-order valence-electron chi connectivity index (χ4n) is 2.15. The van der Waals surface area contributed by atoms with Crippen LogP contribution in [0.4, 0.5) is 0 Å². The van der Waals surface area contributed by atoms with Gasteiger partial charge in [0.15, 0.2) is 5.78 Å². The molecular weight excluding hydrogens is 236 g/mol. The molecule has 0 aromatic heterocycles. The molecule has 0 saturated carbocycles. The van der Waals surface area contributed by atoms with Crippen LogP contribution in [0, 0.1) is 0 Å². The van der Waals surface area contributed by atoms with Crippen molar-refractivity contribution in [3.63, 3.8) is 0 Å². The first kappa shape index (κ1) is 12.6. The normalized spacial score (nSPS) is 20.2. The summed E-state index contributed by atoms with van der Waals surface area (Å²) in [4.78, 5) is 12.0. The van der Waals surface area contributed by atoms with Crippen LogP contribution in [0.2, 0.25) is 5.02 Å². The molecule has 0 N–H and O–H groups in total. The summed E-state index contributed by atoms with van der Waals surface area (Å²) in [6, 6.07) is 7.22. The Balaban J connectivity index is 1.87. The SMILES string of the molecule is O=C(CCC1CCCCO1)c1ccccc1Cl. The number of carbonyl (C=O) groups excluding carboxylic acids is 1. The average molecular weight is 253 g/mol. The molecule has 92 valence electrons. The van der Waals surface area contributed by atoms with Crippen LogP contribution in [0.3, 0.4) is 0 Å². The van der Waals surface area contributed by atoms with Crippen LogP contribution in [0.25, 0.3) is 0 Å². The van der Waals surface area contributed by atoms with Gasteiger partial charge in [-0.05, 0) is 37.8 Å². The zero-order valence-corrected chi connectivity index (χ0v) is 10.6. The van der Waals surface area contributed by atoms with Crippen LogP contribution < -0.4 is 0 Å². The minimum absolute atomic E-state index is 0.116. The van der Waals surface area contributed by atoms with Gasteiger partial charge in [0.1, 0.15) is 0 Å². The van der Waals surface area contributed by atoms with Gasteiger partial charge >= 0.3 is 0 Å². The maximum Gasteiger partial charge on any atom is 0.164 e. The highest BCUT2D eigenvalue weighted by atomic mass is 35.5. The minimum atomic E-state index is 0.116. The molecule has 0 radical (unpaired) electrons. The van der Waals surface area contributed by atoms with Gasteiger partial charge in [-0.25, -0.2) is 0 Å². The summed E-state index contributed by atoms with van der Waals surface area (Å²) in [5.74, 6) is 0.116. The third-order valence-electron chi connectivity index (χ3n) is 3.14. The zero-order valence-electron chi connectivity index (χ0n) is 9.82. The fraction of sp³-hybridized carbons (Fsp3) is 0.500. The molecule has 1 aromatic carbocycles. The Morgan fingerprint density at radius 1 is 1.35 bits per heavy atom. The summed E-state index contributed by atoms with van der Waals surface area (Å²) in [6.07, 6.45) is 5.03. The Kier molecular flexibility index (Phi) is 4.57. The minimum Gasteiger partial charge on any atom is -0.378 e. The smallest absolute Gasteiger partial charge is 0.164 e. The van der Waals surface area contributed by atoms with Crippen LogP contribution in [-0.2, 0) is 4.74 Å². The average Bonchev–Trinajstić information content (AvgIpc) is 2.38. The Hall–Kier alpha value is -0.860. The quantitative estimate of drug-likeness (QED) is 0.761. The molecule has 0 bridgehead atoms. The summed E-state index contributed by atoms with van der Waals surface area (Å²) < 4.78 is 5.61. The molecule has 1 unspecified atom stereocenters. The van der Waals surface area contributed by atoms with Crippen molar-refractivity contribution in [2.45, 2.75) is 38.2 Å². The van der Waals surface area contributed by atoms with E-state index in [0.717, 1.165) is 25.9 Å². The number of carbonyl (C=O) groups is 1. The predicted octanol–water partition coefficient (Wildman–Crippen LogP) is 3.87. The molecule has 0 spiro atoms. The molecule has 1 saturated heterocycles. The van der Waals surface area contributed by atoms with Crippen LogP contribution in [0.15, 0.2) is 24.3 Å². The van der Waals surface area contributed by atoms with E-state index in [0.29, 0.717) is 17.0 Å². The van der Waals surface area contributed by atoms with Crippen molar-refractivity contribution < 1.29 is 9.53 Å². The van der Waals surface area contributed by atoms with Crippen molar-refractivity contribution in [3.05, 3.63) is 34.9 Å². The standard InChI is InChI=1S/C14H17ClO2/c15-13-7-2-1-6-12(13)14(16)9-8-11-5-3-4-10-17-11/h1-2,6-7,11H,3-5,8-10H2. The zero-order chi connectivity index (χ0) is 12.1. The Morgan fingerprint density at radius 2 is 2.18 bits per heavy atom. The van der Waals surface area contributed by atoms with E-state index >= 15 is 0 Å². The van der Waals surface area contributed by atoms with Crippen molar-refractivity contribution in [2.24, 2.45) is 0 Å². The van der Waals surface area contributed by atoms with Crippen LogP contribution in [0.5, 0.6) is 0 Å². The number of halogens is 1. The van der Waals surface area contributed by atoms with Crippen molar-refractivity contribution in [2.75, 3.05) is 6.61 Å². The lowest BCUT2D eigenvalue weighted by Gasteiger charge is -2.22. The van der Waals surface area contributed by atoms with E-state index in [1.54, 1.807) is 12.1 Å². The molecule has 3 heteroatoms. The van der Waals surface area contributed by atoms with Crippen LogP contribution in [0.1, 0.15) is 42.5 Å². The van der Waals surface area contributed by atoms with Crippen molar-refractivity contribution in [1.82, 2.24) is 0 Å². The number of rotatable bonds is 4. The van der Waals surface area contributed by atoms with E-state index in [4.69, 9.17) is 16.3 Å². The lowest BCUT2D eigenvalue weighted by molar-refractivity contribution is 0.0104. The first-order chi connectivity index (χ1) is 8.27. The largest absolute Gasteiger partial charge is 0.378 e. The highest BCUT2D eigenvalue weighted by Gasteiger charge is 2.16. The summed E-state index contributed by atoms with van der Waals surface area (Å²) in [6.45, 7) is 0.838. The molecule has 0 aliphatic carbocycles. The number of benzene rings is 1. The van der Waals surface area contributed by atoms with E-state index in [9.17, 15) is 4.79 Å². The summed E-state index contributed by atoms with van der Waals surface area (Å²) in [5.41, 5.74) is 0.630. The third-order valence-corrected chi connectivity index (χ3v) is 3.47. The number of hydrogen-bond donors (Lipinski definition) is 0. The molecule has 17 heavy (non-hydrogen) atoms. The molecular formula is C14H17ClO2. The lowest BCUT2D eigenvalue weighted by atomic mass is 10.0. The predicted molar refractivity (Wildman–Crippen MR) is 68.6 cm³/mol. The van der Waals surface area contributed by atoms with Gasteiger partial charge in [0.05, 0.1) is 11.1 Å². The molecule has 0 amide bonds. The monoisotopic (exact) mass is 252 g/mol. The topological polar surface area (TPSA) is 26.3 Å². The maximum atomic E-state index is 12.0. The fourth-order valence-corrected chi connectivity index (χ4v) is 2.39. The summed E-state index contributed by atoms with van der Waals surface area (Å²) in [7, 11) is 0. The van der Waals surface area contributed by atoms with E-state index in [-0.39, 0.29) is 11.9 Å². The third kappa shape index (κ3) is 3.55. The number of hydrogen-bond acceptors (Lipinski definition) is 2. The Morgan fingerprint density at radius 3 is 2.88 bits per heavy atom. The van der Waals surface area contributed by atoms with Crippen molar-refractivity contribution in [1.29, 1.82) is 0 Å². The first-order valence-electron chi connectivity index (χ1n) is 6.16. The molecule has 1 fully saturated rings. The summed E-state index contributed by atoms with van der Waals surface area (Å²) >= 11 is 5.99. The molecule has 2 rings (SSSR count). The Bertz CT molecular complexity index is 384. The van der Waals surface area contributed by atoms with E-state index in [1.165, 1.54) is 6.42 Å². The second-order valence-electron chi connectivity index (χ2n) is 4.43. The second kappa shape index (κ2) is 6.18. The van der Waals surface area contributed by atoms with Gasteiger partial charge in [0.2, 0.25) is 0 Å². The highest BCUT2D eigenvalue weighted by molar-refractivity contribution is 6.33. The van der Waals surface area contributed by atoms with Gasteiger partial charge in [0, 0.05) is 18.6 Å². The second-order valence-corrected chi connectivity index (χ2v) is 4.84. The van der Waals surface area contributed by atoms with Crippen LogP contribution >= 0.6 is 11.6 Å².